The van der Waals surface area contributed by atoms with E-state index in [2.05, 4.69) is 20.4 Å². The second kappa shape index (κ2) is 4.90. The van der Waals surface area contributed by atoms with Crippen molar-refractivity contribution in [3.8, 4) is 0 Å². The van der Waals surface area contributed by atoms with Crippen LogP contribution in [-0.2, 0) is 19.1 Å². The number of rotatable bonds is 0. The second-order valence-electron chi connectivity index (χ2n) is 9.69. The average molecular weight is 362 g/mol. The Bertz CT molecular complexity index is 713. The van der Waals surface area contributed by atoms with Crippen LogP contribution in [0, 0.1) is 40.4 Å². The van der Waals surface area contributed by atoms with Crippen LogP contribution in [0.25, 0.3) is 0 Å². The van der Waals surface area contributed by atoms with Gasteiger partial charge in [0.25, 0.3) is 0 Å². The molecule has 9 atom stereocenters. The lowest BCUT2D eigenvalue weighted by Gasteiger charge is -2.58. The Kier molecular flexibility index (Phi) is 3.16. The lowest BCUT2D eigenvalue weighted by atomic mass is 9.48. The summed E-state index contributed by atoms with van der Waals surface area (Å²) in [6.45, 7) is 8.16. The lowest BCUT2D eigenvalue weighted by molar-refractivity contribution is -0.237. The van der Waals surface area contributed by atoms with E-state index < -0.39 is 35.7 Å². The van der Waals surface area contributed by atoms with Gasteiger partial charge >= 0.3 is 11.9 Å². The molecule has 0 aromatic carbocycles. The third-order valence-corrected chi connectivity index (χ3v) is 8.23. The zero-order valence-electron chi connectivity index (χ0n) is 15.2. The highest BCUT2D eigenvalue weighted by Crippen LogP contribution is 2.68. The molecule has 0 radical (unpaired) electrons. The molecular weight excluding hydrogens is 336 g/mol. The molecule has 5 fully saturated rings. The van der Waals surface area contributed by atoms with Crippen LogP contribution in [-0.4, -0.2) is 40.6 Å². The van der Waals surface area contributed by atoms with Crippen molar-refractivity contribution in [2.45, 2.75) is 58.0 Å². The number of cyclic esters (lactones) is 1. The molecule has 2 heterocycles. The predicted octanol–water partition coefficient (Wildman–Crippen LogP) is 1.40. The van der Waals surface area contributed by atoms with Gasteiger partial charge in [-0.15, -0.1) is 0 Å². The molecule has 6 nitrogen and oxygen atoms in total. The van der Waals surface area contributed by atoms with Gasteiger partial charge in [-0.1, -0.05) is 20.4 Å². The molecule has 0 aromatic rings. The van der Waals surface area contributed by atoms with Gasteiger partial charge < -0.3 is 19.7 Å². The second-order valence-corrected chi connectivity index (χ2v) is 9.69. The quantitative estimate of drug-likeness (QED) is 0.500. The Morgan fingerprint density at radius 1 is 1.15 bits per heavy atom. The van der Waals surface area contributed by atoms with Crippen molar-refractivity contribution in [1.82, 2.24) is 0 Å². The number of hydrogen-bond donors (Lipinski definition) is 2. The monoisotopic (exact) mass is 362 g/mol. The summed E-state index contributed by atoms with van der Waals surface area (Å²) < 4.78 is 11.3. The summed E-state index contributed by atoms with van der Waals surface area (Å²) in [4.78, 5) is 26.0. The summed E-state index contributed by atoms with van der Waals surface area (Å²) in [7, 11) is 0. The van der Waals surface area contributed by atoms with E-state index in [1.54, 1.807) is 0 Å². The summed E-state index contributed by atoms with van der Waals surface area (Å²) in [5.41, 5.74) is -0.743. The Morgan fingerprint density at radius 2 is 1.88 bits per heavy atom. The molecule has 3 saturated carbocycles. The molecular formula is C20H26O6. The van der Waals surface area contributed by atoms with E-state index in [1.807, 2.05) is 0 Å². The summed E-state index contributed by atoms with van der Waals surface area (Å²) in [6.07, 6.45) is -0.0397. The number of fused-ring (bicyclic) bond motifs is 1. The first kappa shape index (κ1) is 16.8. The van der Waals surface area contributed by atoms with Gasteiger partial charge in [-0.25, -0.2) is 0 Å². The van der Waals surface area contributed by atoms with Crippen molar-refractivity contribution in [2.24, 2.45) is 40.4 Å². The van der Waals surface area contributed by atoms with Gasteiger partial charge in [0.15, 0.2) is 0 Å². The van der Waals surface area contributed by atoms with Crippen molar-refractivity contribution in [1.29, 1.82) is 0 Å². The Balaban J connectivity index is 1.73. The molecule has 1 unspecified atom stereocenters. The minimum absolute atomic E-state index is 0.0896. The standard InChI is InChI=1S/C20H26O6/c1-8-9-6-10-13-12-11(25-18(24)20(13,7-9)15(8)21)4-5-19(2,3)14(12)17(23)26-16(10)22/h9-15,17,21,23H,1,4-7H2,2-3H3/t9-,10+,11+,12?,13+,14-,15-,17-,20+/m1/s1. The Hall–Kier alpha value is -1.40. The molecule has 1 spiro atoms. The first-order valence-electron chi connectivity index (χ1n) is 9.65. The Labute approximate surface area is 152 Å². The number of ether oxygens (including phenoxy) is 2. The van der Waals surface area contributed by atoms with Gasteiger partial charge in [0.1, 0.15) is 11.5 Å². The summed E-state index contributed by atoms with van der Waals surface area (Å²) in [5, 5.41) is 21.8. The molecule has 142 valence electrons. The molecule has 2 bridgehead atoms. The van der Waals surface area contributed by atoms with Crippen molar-refractivity contribution < 1.29 is 29.3 Å². The predicted molar refractivity (Wildman–Crippen MR) is 89.3 cm³/mol. The number of hydrogen-bond acceptors (Lipinski definition) is 6. The normalized spacial score (nSPS) is 54.1. The summed E-state index contributed by atoms with van der Waals surface area (Å²) in [6, 6.07) is 0. The van der Waals surface area contributed by atoms with Crippen LogP contribution in [0.1, 0.15) is 39.5 Å². The molecule has 26 heavy (non-hydrogen) atoms. The highest BCUT2D eigenvalue weighted by atomic mass is 16.6. The minimum Gasteiger partial charge on any atom is -0.462 e. The highest BCUT2D eigenvalue weighted by Gasteiger charge is 2.74. The zero-order valence-corrected chi connectivity index (χ0v) is 15.2. The van der Waals surface area contributed by atoms with Crippen LogP contribution in [0.5, 0.6) is 0 Å². The van der Waals surface area contributed by atoms with Gasteiger partial charge in [-0.2, -0.15) is 0 Å². The maximum absolute atomic E-state index is 13.1. The van der Waals surface area contributed by atoms with E-state index in [4.69, 9.17) is 9.47 Å². The lowest BCUT2D eigenvalue weighted by Crippen LogP contribution is -2.64. The van der Waals surface area contributed by atoms with Crippen LogP contribution in [0.2, 0.25) is 0 Å². The molecule has 0 aromatic heterocycles. The Morgan fingerprint density at radius 3 is 2.62 bits per heavy atom. The topological polar surface area (TPSA) is 93.1 Å². The van der Waals surface area contributed by atoms with Crippen molar-refractivity contribution >= 4 is 11.9 Å². The molecule has 3 aliphatic carbocycles. The number of aliphatic hydroxyl groups excluding tert-OH is 2. The van der Waals surface area contributed by atoms with Crippen LogP contribution in [0.4, 0.5) is 0 Å². The van der Waals surface area contributed by atoms with E-state index in [1.165, 1.54) is 0 Å². The van der Waals surface area contributed by atoms with Gasteiger partial charge in [-0.05, 0) is 48.5 Å². The first-order chi connectivity index (χ1) is 12.2. The first-order valence-corrected chi connectivity index (χ1v) is 9.65. The SMILES string of the molecule is C=C1[C@@H]2C[C@@H]3C(=O)O[C@@H](O)[C@H]4C5[C@H](CCC4(C)C)OC(=O)[C@](C2)([C@@H]1O)[C@H]53. The van der Waals surface area contributed by atoms with Crippen molar-refractivity contribution in [3.05, 3.63) is 12.2 Å². The van der Waals surface area contributed by atoms with Gasteiger partial charge in [-0.3, -0.25) is 9.59 Å². The number of aliphatic hydroxyl groups is 2. The zero-order chi connectivity index (χ0) is 18.6. The smallest absolute Gasteiger partial charge is 0.315 e. The molecule has 2 saturated heterocycles. The van der Waals surface area contributed by atoms with Gasteiger partial charge in [0.05, 0.1) is 12.0 Å². The maximum Gasteiger partial charge on any atom is 0.315 e. The van der Waals surface area contributed by atoms with E-state index in [-0.39, 0.29) is 35.2 Å². The van der Waals surface area contributed by atoms with Crippen LogP contribution < -0.4 is 0 Å². The fourth-order valence-electron chi connectivity index (χ4n) is 7.08. The maximum atomic E-state index is 13.1. The van der Waals surface area contributed by atoms with Crippen molar-refractivity contribution in [3.63, 3.8) is 0 Å². The van der Waals surface area contributed by atoms with Crippen LogP contribution >= 0.6 is 0 Å². The fraction of sp³-hybridized carbons (Fsp3) is 0.800. The fourth-order valence-corrected chi connectivity index (χ4v) is 7.08. The minimum atomic E-state index is -1.20. The van der Waals surface area contributed by atoms with Gasteiger partial charge in [0.2, 0.25) is 6.29 Å². The van der Waals surface area contributed by atoms with E-state index in [0.717, 1.165) is 6.42 Å². The third-order valence-electron chi connectivity index (χ3n) is 8.23. The molecule has 5 aliphatic rings. The van der Waals surface area contributed by atoms with Crippen molar-refractivity contribution in [2.75, 3.05) is 0 Å². The van der Waals surface area contributed by atoms with Gasteiger partial charge in [0, 0.05) is 11.8 Å². The largest absolute Gasteiger partial charge is 0.462 e. The molecule has 2 N–H and O–H groups in total. The molecule has 2 aliphatic heterocycles. The third kappa shape index (κ3) is 1.75. The highest BCUT2D eigenvalue weighted by molar-refractivity contribution is 5.84. The van der Waals surface area contributed by atoms with E-state index in [0.29, 0.717) is 24.8 Å². The number of esters is 2. The van der Waals surface area contributed by atoms with E-state index in [9.17, 15) is 19.8 Å². The molecule has 6 heteroatoms. The summed E-state index contributed by atoms with van der Waals surface area (Å²) in [5.74, 6) is -2.31. The van der Waals surface area contributed by atoms with E-state index >= 15 is 0 Å². The number of carbonyl (C=O) groups excluding carboxylic acids is 2. The van der Waals surface area contributed by atoms with Crippen LogP contribution in [0.15, 0.2) is 12.2 Å². The average Bonchev–Trinajstić information content (AvgIpc) is 2.69. The van der Waals surface area contributed by atoms with Crippen LogP contribution in [0.3, 0.4) is 0 Å². The summed E-state index contributed by atoms with van der Waals surface area (Å²) >= 11 is 0. The number of carbonyl (C=O) groups is 2. The molecule has 0 amide bonds. The molecule has 5 rings (SSSR count).